The largest absolute Gasteiger partial charge is 0.457 e. The number of piperidine rings is 1. The van der Waals surface area contributed by atoms with E-state index in [4.69, 9.17) is 4.74 Å². The number of carbonyl (C=O) groups excluding carboxylic acids is 1. The molecular weight excluding hydrogens is 610 g/mol. The summed E-state index contributed by atoms with van der Waals surface area (Å²) in [5.41, 5.74) is 2.65. The van der Waals surface area contributed by atoms with Crippen molar-refractivity contribution in [2.45, 2.75) is 25.4 Å². The van der Waals surface area contributed by atoms with Crippen molar-refractivity contribution in [1.29, 1.82) is 0 Å². The van der Waals surface area contributed by atoms with Crippen LogP contribution in [0.15, 0.2) is 97.1 Å². The summed E-state index contributed by atoms with van der Waals surface area (Å²) in [6.45, 7) is 2.26. The Morgan fingerprint density at radius 2 is 1.32 bits per heavy atom. The SMILES string of the molecule is CS(=O)(=O)Nc1ccc(Oc2ccc(CN3CCC(N(C(=O)Nc4ccc(F)cc4)c4ccc(F)cc4)CC3)cc2)cc1.Cl. The zero-order valence-electron chi connectivity index (χ0n) is 24.0. The van der Waals surface area contributed by atoms with Gasteiger partial charge in [0, 0.05) is 42.7 Å². The van der Waals surface area contributed by atoms with E-state index in [1.165, 1.54) is 36.4 Å². The molecule has 12 heteroatoms. The monoisotopic (exact) mass is 642 g/mol. The molecule has 44 heavy (non-hydrogen) atoms. The van der Waals surface area contributed by atoms with Gasteiger partial charge in [-0.3, -0.25) is 14.5 Å². The van der Waals surface area contributed by atoms with Gasteiger partial charge in [0.15, 0.2) is 0 Å². The number of nitrogens with zero attached hydrogens (tertiary/aromatic N) is 2. The number of sulfonamides is 1. The van der Waals surface area contributed by atoms with E-state index < -0.39 is 10.0 Å². The van der Waals surface area contributed by atoms with Gasteiger partial charge in [0.05, 0.1) is 6.26 Å². The first-order chi connectivity index (χ1) is 20.6. The highest BCUT2D eigenvalue weighted by Gasteiger charge is 2.29. The molecule has 2 N–H and O–H groups in total. The topological polar surface area (TPSA) is 91.0 Å². The van der Waals surface area contributed by atoms with Crippen LogP contribution in [-0.2, 0) is 16.6 Å². The predicted molar refractivity (Wildman–Crippen MR) is 171 cm³/mol. The molecule has 0 aliphatic carbocycles. The van der Waals surface area contributed by atoms with Crippen LogP contribution in [0.5, 0.6) is 11.5 Å². The fourth-order valence-electron chi connectivity index (χ4n) is 5.01. The molecule has 4 aromatic rings. The van der Waals surface area contributed by atoms with Crippen LogP contribution in [0.25, 0.3) is 0 Å². The van der Waals surface area contributed by atoms with Gasteiger partial charge in [0.1, 0.15) is 23.1 Å². The first kappa shape index (κ1) is 32.7. The lowest BCUT2D eigenvalue weighted by atomic mass is 10.0. The van der Waals surface area contributed by atoms with Crippen LogP contribution in [-0.4, -0.2) is 44.7 Å². The van der Waals surface area contributed by atoms with E-state index in [-0.39, 0.29) is 36.1 Å². The maximum Gasteiger partial charge on any atom is 0.326 e. The summed E-state index contributed by atoms with van der Waals surface area (Å²) in [5, 5.41) is 2.84. The Labute approximate surface area is 262 Å². The Morgan fingerprint density at radius 1 is 0.818 bits per heavy atom. The van der Waals surface area contributed by atoms with E-state index in [1.54, 1.807) is 41.3 Å². The Morgan fingerprint density at radius 3 is 1.86 bits per heavy atom. The lowest BCUT2D eigenvalue weighted by Crippen LogP contribution is -2.49. The number of hydrogen-bond donors (Lipinski definition) is 2. The molecule has 1 aliphatic heterocycles. The number of urea groups is 1. The van der Waals surface area contributed by atoms with Gasteiger partial charge in [-0.2, -0.15) is 0 Å². The van der Waals surface area contributed by atoms with Gasteiger partial charge in [0.2, 0.25) is 10.0 Å². The Balaban J connectivity index is 0.00000442. The van der Waals surface area contributed by atoms with Crippen LogP contribution in [0.3, 0.4) is 0 Å². The van der Waals surface area contributed by atoms with Gasteiger partial charge in [0.25, 0.3) is 0 Å². The molecule has 4 aromatic carbocycles. The third-order valence-electron chi connectivity index (χ3n) is 7.06. The lowest BCUT2D eigenvalue weighted by molar-refractivity contribution is 0.199. The average molecular weight is 643 g/mol. The van der Waals surface area contributed by atoms with Crippen LogP contribution >= 0.6 is 12.4 Å². The maximum atomic E-state index is 13.6. The summed E-state index contributed by atoms with van der Waals surface area (Å²) >= 11 is 0. The average Bonchev–Trinajstić information content (AvgIpc) is 2.98. The third kappa shape index (κ3) is 9.15. The van der Waals surface area contributed by atoms with E-state index in [0.717, 1.165) is 44.3 Å². The summed E-state index contributed by atoms with van der Waals surface area (Å²) < 4.78 is 58.1. The summed E-state index contributed by atoms with van der Waals surface area (Å²) in [5.74, 6) is 0.476. The molecule has 232 valence electrons. The summed E-state index contributed by atoms with van der Waals surface area (Å²) in [7, 11) is -3.34. The number of halogens is 3. The first-order valence-electron chi connectivity index (χ1n) is 13.8. The van der Waals surface area contributed by atoms with Crippen molar-refractivity contribution in [3.8, 4) is 11.5 Å². The second-order valence-corrected chi connectivity index (χ2v) is 12.2. The van der Waals surface area contributed by atoms with Crippen LogP contribution in [0.1, 0.15) is 18.4 Å². The van der Waals surface area contributed by atoms with Crippen molar-refractivity contribution in [3.05, 3.63) is 114 Å². The van der Waals surface area contributed by atoms with Crippen molar-refractivity contribution in [2.75, 3.05) is 34.3 Å². The first-order valence-corrected chi connectivity index (χ1v) is 15.7. The molecular formula is C32H33ClF2N4O4S. The van der Waals surface area contributed by atoms with E-state index in [0.29, 0.717) is 28.6 Å². The van der Waals surface area contributed by atoms with Crippen molar-refractivity contribution in [3.63, 3.8) is 0 Å². The molecule has 0 saturated carbocycles. The molecule has 1 aliphatic rings. The zero-order valence-corrected chi connectivity index (χ0v) is 25.6. The van der Waals surface area contributed by atoms with Crippen molar-refractivity contribution >= 4 is 45.5 Å². The quantitative estimate of drug-likeness (QED) is 0.201. The second-order valence-electron chi connectivity index (χ2n) is 10.4. The van der Waals surface area contributed by atoms with Gasteiger partial charge in [-0.25, -0.2) is 22.0 Å². The van der Waals surface area contributed by atoms with Crippen molar-refractivity contribution < 1.29 is 26.7 Å². The molecule has 0 aromatic heterocycles. The second kappa shape index (κ2) is 14.5. The zero-order chi connectivity index (χ0) is 30.4. The van der Waals surface area contributed by atoms with E-state index in [1.807, 2.05) is 24.3 Å². The number of anilines is 3. The van der Waals surface area contributed by atoms with E-state index in [9.17, 15) is 22.0 Å². The van der Waals surface area contributed by atoms with Gasteiger partial charge in [-0.1, -0.05) is 12.1 Å². The van der Waals surface area contributed by atoms with Gasteiger partial charge >= 0.3 is 6.03 Å². The smallest absolute Gasteiger partial charge is 0.326 e. The Hall–Kier alpha value is -4.19. The number of hydrogen-bond acceptors (Lipinski definition) is 5. The minimum absolute atomic E-state index is 0. The van der Waals surface area contributed by atoms with Crippen LogP contribution in [0.2, 0.25) is 0 Å². The fourth-order valence-corrected chi connectivity index (χ4v) is 5.57. The molecule has 0 spiro atoms. The molecule has 2 amide bonds. The third-order valence-corrected chi connectivity index (χ3v) is 7.67. The normalized spacial score (nSPS) is 13.9. The number of carbonyl (C=O) groups is 1. The minimum Gasteiger partial charge on any atom is -0.457 e. The molecule has 1 saturated heterocycles. The molecule has 8 nitrogen and oxygen atoms in total. The van der Waals surface area contributed by atoms with Crippen LogP contribution in [0, 0.1) is 11.6 Å². The molecule has 1 fully saturated rings. The highest BCUT2D eigenvalue weighted by atomic mass is 35.5. The summed E-state index contributed by atoms with van der Waals surface area (Å²) in [4.78, 5) is 17.3. The molecule has 5 rings (SSSR count). The Bertz CT molecular complexity index is 1630. The molecule has 0 unspecified atom stereocenters. The predicted octanol–water partition coefficient (Wildman–Crippen LogP) is 7.25. The number of ether oxygens (including phenoxy) is 1. The minimum atomic E-state index is -3.34. The van der Waals surface area contributed by atoms with Crippen molar-refractivity contribution in [2.24, 2.45) is 0 Å². The summed E-state index contributed by atoms with van der Waals surface area (Å²) in [6.07, 6.45) is 2.54. The number of rotatable bonds is 9. The number of benzene rings is 4. The molecule has 0 atom stereocenters. The van der Waals surface area contributed by atoms with Gasteiger partial charge < -0.3 is 10.1 Å². The fraction of sp³-hybridized carbons (Fsp3) is 0.219. The van der Waals surface area contributed by atoms with E-state index in [2.05, 4.69) is 14.9 Å². The van der Waals surface area contributed by atoms with Gasteiger partial charge in [-0.05, 0) is 103 Å². The standard InChI is InChI=1S/C32H32F2N4O4S.ClH/c1-43(40,41)36-27-10-16-31(17-11-27)42-30-14-2-23(3-15-30)22-37-20-18-29(19-21-37)38(28-12-6-25(34)7-13-28)32(39)35-26-8-4-24(33)5-9-26;/h2-17,29,36H,18-22H2,1H3,(H,35,39);1H. The number of likely N-dealkylation sites (tertiary alicyclic amines) is 1. The number of amides is 2. The van der Waals surface area contributed by atoms with Gasteiger partial charge in [-0.15, -0.1) is 12.4 Å². The maximum absolute atomic E-state index is 13.6. The molecule has 1 heterocycles. The molecule has 0 radical (unpaired) electrons. The summed E-state index contributed by atoms with van der Waals surface area (Å²) in [6, 6.07) is 25.4. The lowest BCUT2D eigenvalue weighted by Gasteiger charge is -2.38. The number of nitrogens with one attached hydrogen (secondary N) is 2. The Kier molecular flexibility index (Phi) is 10.8. The van der Waals surface area contributed by atoms with E-state index >= 15 is 0 Å². The van der Waals surface area contributed by atoms with Crippen LogP contribution in [0.4, 0.5) is 30.6 Å². The van der Waals surface area contributed by atoms with Crippen molar-refractivity contribution in [1.82, 2.24) is 4.90 Å². The highest BCUT2D eigenvalue weighted by molar-refractivity contribution is 7.92. The highest BCUT2D eigenvalue weighted by Crippen LogP contribution is 2.28. The van der Waals surface area contributed by atoms with Crippen LogP contribution < -0.4 is 19.7 Å². The molecule has 0 bridgehead atoms.